The summed E-state index contributed by atoms with van der Waals surface area (Å²) in [7, 11) is 0.161. The lowest BCUT2D eigenvalue weighted by Gasteiger charge is -2.08. The normalized spacial score (nSPS) is 11.2. The Balaban J connectivity index is 3.59. The van der Waals surface area contributed by atoms with Crippen molar-refractivity contribution in [3.8, 4) is 0 Å². The SMILES string of the molecule is C=CC(=O)NBNC(=O)C(C)CC. The monoisotopic (exact) mass is 182 g/mol. The van der Waals surface area contributed by atoms with Gasteiger partial charge in [-0.25, -0.2) is 0 Å². The molecule has 0 radical (unpaired) electrons. The van der Waals surface area contributed by atoms with Crippen LogP contribution in [0.1, 0.15) is 20.3 Å². The van der Waals surface area contributed by atoms with Crippen molar-refractivity contribution in [1.29, 1.82) is 0 Å². The zero-order valence-electron chi connectivity index (χ0n) is 8.09. The minimum absolute atomic E-state index is 0.0133. The van der Waals surface area contributed by atoms with Crippen LogP contribution in [0.3, 0.4) is 0 Å². The van der Waals surface area contributed by atoms with Crippen molar-refractivity contribution >= 4 is 19.4 Å². The van der Waals surface area contributed by atoms with Crippen molar-refractivity contribution in [3.63, 3.8) is 0 Å². The second-order valence-corrected chi connectivity index (χ2v) is 2.77. The van der Waals surface area contributed by atoms with Crippen LogP contribution in [0.25, 0.3) is 0 Å². The molecule has 4 nitrogen and oxygen atoms in total. The Kier molecular flexibility index (Phi) is 5.68. The second kappa shape index (κ2) is 6.28. The molecule has 0 spiro atoms. The molecule has 0 rings (SSSR count). The molecule has 0 saturated carbocycles. The molecule has 72 valence electrons. The minimum atomic E-state index is -0.288. The molecule has 0 aliphatic rings. The molecule has 0 heterocycles. The summed E-state index contributed by atoms with van der Waals surface area (Å²) in [5.41, 5.74) is 0. The van der Waals surface area contributed by atoms with Gasteiger partial charge in [-0.05, 0) is 12.5 Å². The van der Waals surface area contributed by atoms with Crippen molar-refractivity contribution in [2.24, 2.45) is 5.92 Å². The Labute approximate surface area is 79.1 Å². The van der Waals surface area contributed by atoms with Gasteiger partial charge in [-0.15, -0.1) is 0 Å². The number of carbonyl (C=O) groups is 2. The van der Waals surface area contributed by atoms with Gasteiger partial charge >= 0.3 is 7.55 Å². The van der Waals surface area contributed by atoms with E-state index in [0.717, 1.165) is 12.5 Å². The summed E-state index contributed by atoms with van der Waals surface area (Å²) in [6, 6.07) is 0. The molecule has 1 atom stereocenters. The topological polar surface area (TPSA) is 58.2 Å². The van der Waals surface area contributed by atoms with Crippen LogP contribution < -0.4 is 10.5 Å². The molecule has 0 aromatic heterocycles. The Morgan fingerprint density at radius 1 is 1.54 bits per heavy atom. The van der Waals surface area contributed by atoms with Gasteiger partial charge in [0.05, 0.1) is 0 Å². The summed E-state index contributed by atoms with van der Waals surface area (Å²) >= 11 is 0. The summed E-state index contributed by atoms with van der Waals surface area (Å²) in [6.45, 7) is 7.06. The highest BCUT2D eigenvalue weighted by Gasteiger charge is 2.09. The number of nitrogens with one attached hydrogen (secondary N) is 2. The van der Waals surface area contributed by atoms with Gasteiger partial charge in [0.25, 0.3) is 0 Å². The Hall–Kier alpha value is -1.26. The molecule has 13 heavy (non-hydrogen) atoms. The van der Waals surface area contributed by atoms with E-state index in [1.165, 1.54) is 0 Å². The first kappa shape index (κ1) is 11.7. The largest absolute Gasteiger partial charge is 0.383 e. The summed E-state index contributed by atoms with van der Waals surface area (Å²) in [4.78, 5) is 21.8. The van der Waals surface area contributed by atoms with E-state index in [-0.39, 0.29) is 25.3 Å². The van der Waals surface area contributed by atoms with Gasteiger partial charge < -0.3 is 10.5 Å². The average molecular weight is 182 g/mol. The number of carbonyl (C=O) groups excluding carboxylic acids is 2. The molecular formula is C8H15BN2O2. The van der Waals surface area contributed by atoms with Crippen LogP contribution in [-0.4, -0.2) is 19.4 Å². The fourth-order valence-electron chi connectivity index (χ4n) is 0.650. The third-order valence-electron chi connectivity index (χ3n) is 1.77. The summed E-state index contributed by atoms with van der Waals surface area (Å²) in [5.74, 6) is -0.350. The fraction of sp³-hybridized carbons (Fsp3) is 0.500. The van der Waals surface area contributed by atoms with Gasteiger partial charge in [0.15, 0.2) is 0 Å². The standard InChI is InChI=1S/C8H15BN2O2/c1-4-6(3)8(13)11-9-10-7(12)5-2/h5-6,9H,2,4H2,1,3H3,(H,10,12)(H,11,13). The molecule has 0 bridgehead atoms. The lowest BCUT2D eigenvalue weighted by Crippen LogP contribution is -2.42. The predicted molar refractivity (Wildman–Crippen MR) is 53.1 cm³/mol. The van der Waals surface area contributed by atoms with Gasteiger partial charge in [-0.1, -0.05) is 20.4 Å². The quantitative estimate of drug-likeness (QED) is 0.453. The molecule has 0 aromatic rings. The summed E-state index contributed by atoms with van der Waals surface area (Å²) in [5, 5.41) is 5.03. The molecule has 2 N–H and O–H groups in total. The van der Waals surface area contributed by atoms with Crippen LogP contribution in [0.4, 0.5) is 0 Å². The van der Waals surface area contributed by atoms with E-state index in [2.05, 4.69) is 17.0 Å². The van der Waals surface area contributed by atoms with Crippen LogP contribution in [0, 0.1) is 5.92 Å². The first-order valence-corrected chi connectivity index (χ1v) is 4.29. The molecule has 0 aromatic carbocycles. The molecule has 2 amide bonds. The maximum Gasteiger partial charge on any atom is 0.356 e. The average Bonchev–Trinajstić information content (AvgIpc) is 2.15. The van der Waals surface area contributed by atoms with Crippen LogP contribution in [0.5, 0.6) is 0 Å². The van der Waals surface area contributed by atoms with Crippen molar-refractivity contribution in [3.05, 3.63) is 12.7 Å². The minimum Gasteiger partial charge on any atom is -0.383 e. The Bertz CT molecular complexity index is 206. The highest BCUT2D eigenvalue weighted by Crippen LogP contribution is 1.98. The van der Waals surface area contributed by atoms with Gasteiger partial charge in [-0.2, -0.15) is 0 Å². The fourth-order valence-corrected chi connectivity index (χ4v) is 0.650. The zero-order valence-corrected chi connectivity index (χ0v) is 8.09. The molecule has 0 fully saturated rings. The molecule has 0 aliphatic heterocycles. The molecule has 0 saturated heterocycles. The molecule has 1 unspecified atom stereocenters. The highest BCUT2D eigenvalue weighted by atomic mass is 16.2. The molecule has 0 aliphatic carbocycles. The number of rotatable bonds is 5. The van der Waals surface area contributed by atoms with Crippen LogP contribution >= 0.6 is 0 Å². The highest BCUT2D eigenvalue weighted by molar-refractivity contribution is 6.39. The first-order chi connectivity index (χ1) is 6.11. The van der Waals surface area contributed by atoms with Crippen molar-refractivity contribution in [2.75, 3.05) is 0 Å². The lowest BCUT2D eigenvalue weighted by molar-refractivity contribution is -0.122. The number of hydrogen-bond acceptors (Lipinski definition) is 2. The van der Waals surface area contributed by atoms with Crippen LogP contribution in [0.2, 0.25) is 0 Å². The van der Waals surface area contributed by atoms with E-state index in [1.54, 1.807) is 0 Å². The summed E-state index contributed by atoms with van der Waals surface area (Å²) in [6.07, 6.45) is 1.96. The van der Waals surface area contributed by atoms with E-state index in [9.17, 15) is 9.59 Å². The van der Waals surface area contributed by atoms with Gasteiger partial charge in [0.2, 0.25) is 11.8 Å². The van der Waals surface area contributed by atoms with E-state index in [0.29, 0.717) is 0 Å². The maximum absolute atomic E-state index is 11.2. The Morgan fingerprint density at radius 3 is 2.62 bits per heavy atom. The maximum atomic E-state index is 11.2. The second-order valence-electron chi connectivity index (χ2n) is 2.77. The van der Waals surface area contributed by atoms with Crippen molar-refractivity contribution < 1.29 is 9.59 Å². The number of amides is 2. The first-order valence-electron chi connectivity index (χ1n) is 4.29. The van der Waals surface area contributed by atoms with E-state index >= 15 is 0 Å². The van der Waals surface area contributed by atoms with E-state index < -0.39 is 0 Å². The van der Waals surface area contributed by atoms with Crippen molar-refractivity contribution in [1.82, 2.24) is 10.5 Å². The lowest BCUT2D eigenvalue weighted by atomic mass is 10.0. The third-order valence-corrected chi connectivity index (χ3v) is 1.77. The zero-order chi connectivity index (χ0) is 10.3. The van der Waals surface area contributed by atoms with Gasteiger partial charge in [-0.3, -0.25) is 9.59 Å². The van der Waals surface area contributed by atoms with Crippen LogP contribution in [-0.2, 0) is 9.59 Å². The van der Waals surface area contributed by atoms with E-state index in [4.69, 9.17) is 0 Å². The van der Waals surface area contributed by atoms with E-state index in [1.807, 2.05) is 13.8 Å². The molecular weight excluding hydrogens is 167 g/mol. The van der Waals surface area contributed by atoms with Gasteiger partial charge in [0, 0.05) is 5.92 Å². The van der Waals surface area contributed by atoms with Gasteiger partial charge in [0.1, 0.15) is 0 Å². The van der Waals surface area contributed by atoms with Crippen LogP contribution in [0.15, 0.2) is 12.7 Å². The summed E-state index contributed by atoms with van der Waals surface area (Å²) < 4.78 is 0. The number of hydrogen-bond donors (Lipinski definition) is 2. The smallest absolute Gasteiger partial charge is 0.356 e. The Morgan fingerprint density at radius 2 is 2.15 bits per heavy atom. The molecule has 5 heteroatoms. The third kappa shape index (κ3) is 5.06. The predicted octanol–water partition coefficient (Wildman–Crippen LogP) is -0.283. The van der Waals surface area contributed by atoms with Crippen molar-refractivity contribution in [2.45, 2.75) is 20.3 Å².